The minimum Gasteiger partial charge on any atom is -0.396 e. The maximum absolute atomic E-state index is 12.1. The number of thioether (sulfide) groups is 1. The normalized spacial score (nSPS) is 10.9. The van der Waals surface area contributed by atoms with Crippen LogP contribution in [0.25, 0.3) is 0 Å². The van der Waals surface area contributed by atoms with Gasteiger partial charge in [0.05, 0.1) is 10.6 Å². The number of nitrogens with zero attached hydrogens (tertiary/aromatic N) is 1. The summed E-state index contributed by atoms with van der Waals surface area (Å²) in [5.74, 6) is -0.0732. The predicted molar refractivity (Wildman–Crippen MR) is 94.8 cm³/mol. The third kappa shape index (κ3) is 5.41. The number of nitrogens with one attached hydrogen (secondary N) is 2. The van der Waals surface area contributed by atoms with E-state index in [9.17, 15) is 4.79 Å². The summed E-state index contributed by atoms with van der Waals surface area (Å²) in [6.07, 6.45) is 3.95. The molecule has 1 amide bonds. The van der Waals surface area contributed by atoms with E-state index in [1.165, 1.54) is 11.3 Å². The Balaban J connectivity index is 2.73. The maximum Gasteiger partial charge on any atom is 0.263 e. The molecule has 0 spiro atoms. The average Bonchev–Trinajstić information content (AvgIpc) is 2.77. The zero-order valence-corrected chi connectivity index (χ0v) is 14.9. The zero-order chi connectivity index (χ0) is 15.8. The number of carbonyl (C=O) groups is 1. The Morgan fingerprint density at radius 3 is 2.67 bits per heavy atom. The maximum atomic E-state index is 12.1. The van der Waals surface area contributed by atoms with E-state index >= 15 is 0 Å². The van der Waals surface area contributed by atoms with Crippen molar-refractivity contribution >= 4 is 39.7 Å². The fraction of sp³-hybridized carbons (Fsp3) is 0.643. The monoisotopic (exact) mass is 330 g/mol. The fourth-order valence-electron chi connectivity index (χ4n) is 1.83. The van der Waals surface area contributed by atoms with Gasteiger partial charge in [0.1, 0.15) is 9.88 Å². The summed E-state index contributed by atoms with van der Waals surface area (Å²) in [4.78, 5) is 15.8. The van der Waals surface area contributed by atoms with Gasteiger partial charge in [0, 0.05) is 13.1 Å². The topological polar surface area (TPSA) is 70.4 Å². The van der Waals surface area contributed by atoms with E-state index < -0.39 is 0 Å². The summed E-state index contributed by atoms with van der Waals surface area (Å²) < 4.78 is 0. The van der Waals surface area contributed by atoms with Gasteiger partial charge in [-0.2, -0.15) is 0 Å². The smallest absolute Gasteiger partial charge is 0.263 e. The van der Waals surface area contributed by atoms with Crippen molar-refractivity contribution in [3.05, 3.63) is 4.88 Å². The first kappa shape index (κ1) is 18.1. The number of nitrogens with two attached hydrogens (primary N) is 1. The Kier molecular flexibility index (Phi) is 7.92. The van der Waals surface area contributed by atoms with E-state index in [2.05, 4.69) is 29.6 Å². The second-order valence-electron chi connectivity index (χ2n) is 5.05. The molecule has 0 atom stereocenters. The lowest BCUT2D eigenvalue weighted by Gasteiger charge is -2.10. The molecule has 0 unspecified atom stereocenters. The second-order valence-corrected chi connectivity index (χ2v) is 6.88. The molecule has 0 bridgehead atoms. The quantitative estimate of drug-likeness (QED) is 0.479. The van der Waals surface area contributed by atoms with E-state index in [1.54, 1.807) is 11.8 Å². The molecule has 21 heavy (non-hydrogen) atoms. The molecule has 0 aliphatic rings. The summed E-state index contributed by atoms with van der Waals surface area (Å²) in [6, 6.07) is 0. The molecule has 0 aliphatic carbocycles. The highest BCUT2D eigenvalue weighted by molar-refractivity contribution is 7.99. The van der Waals surface area contributed by atoms with Crippen molar-refractivity contribution in [1.29, 1.82) is 0 Å². The first-order chi connectivity index (χ1) is 10.0. The van der Waals surface area contributed by atoms with Crippen molar-refractivity contribution < 1.29 is 4.79 Å². The number of amides is 1. The summed E-state index contributed by atoms with van der Waals surface area (Å²) in [6.45, 7) is 4.62. The Labute approximate surface area is 135 Å². The van der Waals surface area contributed by atoms with Gasteiger partial charge in [0.2, 0.25) is 0 Å². The van der Waals surface area contributed by atoms with Crippen molar-refractivity contribution in [2.75, 3.05) is 51.0 Å². The Morgan fingerprint density at radius 2 is 2.10 bits per heavy atom. The predicted octanol–water partition coefficient (Wildman–Crippen LogP) is 2.56. The summed E-state index contributed by atoms with van der Waals surface area (Å²) in [5.41, 5.74) is 6.71. The van der Waals surface area contributed by atoms with E-state index in [4.69, 9.17) is 5.73 Å². The Bertz CT molecular complexity index is 460. The van der Waals surface area contributed by atoms with Gasteiger partial charge in [0.15, 0.2) is 0 Å². The highest BCUT2D eigenvalue weighted by atomic mass is 32.2. The molecule has 5 nitrogen and oxygen atoms in total. The highest BCUT2D eigenvalue weighted by Crippen LogP contribution is 2.41. The fourth-order valence-corrected chi connectivity index (χ4v) is 3.81. The van der Waals surface area contributed by atoms with Crippen LogP contribution in [0.4, 0.5) is 10.7 Å². The first-order valence-electron chi connectivity index (χ1n) is 7.14. The van der Waals surface area contributed by atoms with Gasteiger partial charge < -0.3 is 21.3 Å². The largest absolute Gasteiger partial charge is 0.396 e. The Hall–Kier alpha value is -0.920. The van der Waals surface area contributed by atoms with Crippen LogP contribution in [0.3, 0.4) is 0 Å². The molecule has 120 valence electrons. The van der Waals surface area contributed by atoms with Crippen LogP contribution in [0, 0.1) is 0 Å². The van der Waals surface area contributed by atoms with Crippen LogP contribution in [0.15, 0.2) is 4.90 Å². The van der Waals surface area contributed by atoms with E-state index in [-0.39, 0.29) is 5.91 Å². The van der Waals surface area contributed by atoms with Crippen LogP contribution in [0.1, 0.15) is 29.4 Å². The van der Waals surface area contributed by atoms with Crippen LogP contribution < -0.4 is 16.4 Å². The highest BCUT2D eigenvalue weighted by Gasteiger charge is 2.20. The summed E-state index contributed by atoms with van der Waals surface area (Å²) >= 11 is 3.03. The molecule has 1 aromatic rings. The van der Waals surface area contributed by atoms with Crippen molar-refractivity contribution in [2.45, 2.75) is 24.7 Å². The average molecular weight is 331 g/mol. The van der Waals surface area contributed by atoms with Crippen molar-refractivity contribution in [3.8, 4) is 0 Å². The second kappa shape index (κ2) is 9.17. The summed E-state index contributed by atoms with van der Waals surface area (Å²) in [7, 11) is 4.12. The number of carbonyl (C=O) groups excluding carboxylic acids is 1. The van der Waals surface area contributed by atoms with Gasteiger partial charge in [-0.05, 0) is 39.7 Å². The van der Waals surface area contributed by atoms with Crippen molar-refractivity contribution in [2.24, 2.45) is 0 Å². The molecule has 1 aromatic heterocycles. The minimum absolute atomic E-state index is 0.0732. The minimum atomic E-state index is -0.0732. The molecule has 0 saturated heterocycles. The molecule has 0 radical (unpaired) electrons. The summed E-state index contributed by atoms with van der Waals surface area (Å²) in [5, 5.41) is 7.29. The number of nitrogen functional groups attached to an aromatic ring is 1. The number of thiophene rings is 1. The van der Waals surface area contributed by atoms with Crippen LogP contribution in [0.2, 0.25) is 0 Å². The number of hydrogen-bond acceptors (Lipinski definition) is 6. The Morgan fingerprint density at radius 1 is 1.38 bits per heavy atom. The molecule has 7 heteroatoms. The van der Waals surface area contributed by atoms with Gasteiger partial charge in [0.25, 0.3) is 5.91 Å². The number of hydrogen-bond donors (Lipinski definition) is 3. The molecule has 0 saturated carbocycles. The van der Waals surface area contributed by atoms with E-state index in [1.807, 2.05) is 13.2 Å². The van der Waals surface area contributed by atoms with Gasteiger partial charge in [-0.1, -0.05) is 6.92 Å². The number of rotatable bonds is 9. The van der Waals surface area contributed by atoms with Crippen LogP contribution in [0.5, 0.6) is 0 Å². The molecule has 0 aliphatic heterocycles. The van der Waals surface area contributed by atoms with Gasteiger partial charge in [-0.15, -0.1) is 23.1 Å². The van der Waals surface area contributed by atoms with Gasteiger partial charge in [-0.25, -0.2) is 0 Å². The molecule has 0 fully saturated rings. The van der Waals surface area contributed by atoms with Crippen LogP contribution in [-0.2, 0) is 0 Å². The lowest BCUT2D eigenvalue weighted by atomic mass is 10.3. The molecular weight excluding hydrogens is 304 g/mol. The van der Waals surface area contributed by atoms with E-state index in [0.717, 1.165) is 35.8 Å². The SMILES string of the molecule is CCCNC(=O)c1sc(NCCCN(C)C)c(SC)c1N. The zero-order valence-electron chi connectivity index (χ0n) is 13.3. The molecule has 0 aromatic carbocycles. The lowest BCUT2D eigenvalue weighted by Crippen LogP contribution is -2.23. The number of anilines is 2. The van der Waals surface area contributed by atoms with Crippen molar-refractivity contribution in [3.63, 3.8) is 0 Å². The van der Waals surface area contributed by atoms with Crippen LogP contribution in [-0.4, -0.2) is 50.8 Å². The molecule has 1 heterocycles. The molecule has 1 rings (SSSR count). The lowest BCUT2D eigenvalue weighted by molar-refractivity contribution is 0.0958. The first-order valence-corrected chi connectivity index (χ1v) is 9.18. The standard InChI is InChI=1S/C14H26N4OS2/c1-5-7-16-13(19)11-10(15)12(20-4)14(21-11)17-8-6-9-18(2)3/h17H,5-9,15H2,1-4H3,(H,16,19). The third-order valence-corrected chi connectivity index (χ3v) is 5.04. The van der Waals surface area contributed by atoms with Crippen LogP contribution >= 0.6 is 23.1 Å². The third-order valence-electron chi connectivity index (χ3n) is 2.91. The molecule has 4 N–H and O–H groups in total. The van der Waals surface area contributed by atoms with Gasteiger partial charge in [-0.3, -0.25) is 4.79 Å². The van der Waals surface area contributed by atoms with Crippen molar-refractivity contribution in [1.82, 2.24) is 10.2 Å². The molecular formula is C14H26N4OS2. The van der Waals surface area contributed by atoms with E-state index in [0.29, 0.717) is 17.1 Å². The van der Waals surface area contributed by atoms with Gasteiger partial charge >= 0.3 is 0 Å².